The van der Waals surface area contributed by atoms with Crippen molar-refractivity contribution in [2.75, 3.05) is 24.5 Å². The number of hydrogen-bond acceptors (Lipinski definition) is 3. The minimum Gasteiger partial charge on any atom is -0.391 e. The number of β-amino-alcohol motifs (C(OH)–C–C–N with tert-alkyl or cyclic N) is 1. The van der Waals surface area contributed by atoms with Gasteiger partial charge in [-0.25, -0.2) is 0 Å². The van der Waals surface area contributed by atoms with Crippen LogP contribution in [0.4, 0.5) is 5.69 Å². The van der Waals surface area contributed by atoms with Gasteiger partial charge in [-0.3, -0.25) is 9.69 Å². The van der Waals surface area contributed by atoms with Crippen LogP contribution in [0.1, 0.15) is 24.8 Å². The Bertz CT molecular complexity index is 469. The van der Waals surface area contributed by atoms with E-state index in [9.17, 15) is 9.90 Å². The first kappa shape index (κ1) is 12.6. The first-order valence-corrected chi connectivity index (χ1v) is 7.03. The number of carbonyl (C=O) groups excluding carboxylic acids is 1. The van der Waals surface area contributed by atoms with Crippen molar-refractivity contribution < 1.29 is 9.90 Å². The van der Waals surface area contributed by atoms with Crippen LogP contribution in [0.3, 0.4) is 0 Å². The number of para-hydroxylation sites is 1. The molecule has 2 aliphatic rings. The SMILES string of the molecule is O=C1CC(O)CN1c1ccccc1CN1CCCC1. The normalized spacial score (nSPS) is 24.4. The van der Waals surface area contributed by atoms with Crippen molar-refractivity contribution in [1.82, 2.24) is 4.90 Å². The molecule has 1 aromatic carbocycles. The van der Waals surface area contributed by atoms with Gasteiger partial charge in [-0.15, -0.1) is 0 Å². The Balaban J connectivity index is 1.82. The molecule has 2 aliphatic heterocycles. The summed E-state index contributed by atoms with van der Waals surface area (Å²) < 4.78 is 0. The molecule has 4 nitrogen and oxygen atoms in total. The molecule has 0 aromatic heterocycles. The number of hydrogen-bond donors (Lipinski definition) is 1. The quantitative estimate of drug-likeness (QED) is 0.893. The number of likely N-dealkylation sites (tertiary alicyclic amines) is 1. The zero-order valence-corrected chi connectivity index (χ0v) is 11.1. The molecule has 2 heterocycles. The van der Waals surface area contributed by atoms with E-state index in [2.05, 4.69) is 11.0 Å². The fourth-order valence-corrected chi connectivity index (χ4v) is 3.01. The molecule has 0 radical (unpaired) electrons. The van der Waals surface area contributed by atoms with E-state index in [1.165, 1.54) is 18.4 Å². The van der Waals surface area contributed by atoms with Gasteiger partial charge in [0, 0.05) is 12.2 Å². The Morgan fingerprint density at radius 3 is 2.63 bits per heavy atom. The van der Waals surface area contributed by atoms with Crippen LogP contribution < -0.4 is 4.90 Å². The molecular formula is C15H20N2O2. The summed E-state index contributed by atoms with van der Waals surface area (Å²) in [5.41, 5.74) is 2.16. The predicted octanol–water partition coefficient (Wildman–Crippen LogP) is 1.38. The second-order valence-corrected chi connectivity index (χ2v) is 5.47. The number of nitrogens with zero attached hydrogens (tertiary/aromatic N) is 2. The van der Waals surface area contributed by atoms with Crippen LogP contribution >= 0.6 is 0 Å². The molecule has 2 fully saturated rings. The number of rotatable bonds is 3. The van der Waals surface area contributed by atoms with E-state index in [1.54, 1.807) is 4.90 Å². The zero-order chi connectivity index (χ0) is 13.2. The third-order valence-corrected chi connectivity index (χ3v) is 3.98. The lowest BCUT2D eigenvalue weighted by atomic mass is 10.1. The minimum absolute atomic E-state index is 0.0290. The van der Waals surface area contributed by atoms with Gasteiger partial charge in [0.15, 0.2) is 0 Å². The molecule has 19 heavy (non-hydrogen) atoms. The number of amides is 1. The van der Waals surface area contributed by atoms with Crippen LogP contribution in [0.15, 0.2) is 24.3 Å². The number of aliphatic hydroxyl groups is 1. The van der Waals surface area contributed by atoms with Gasteiger partial charge >= 0.3 is 0 Å². The summed E-state index contributed by atoms with van der Waals surface area (Å²) >= 11 is 0. The van der Waals surface area contributed by atoms with Crippen molar-refractivity contribution in [3.8, 4) is 0 Å². The van der Waals surface area contributed by atoms with Crippen LogP contribution in [0.25, 0.3) is 0 Å². The van der Waals surface area contributed by atoms with Gasteiger partial charge < -0.3 is 10.0 Å². The fourth-order valence-electron chi connectivity index (χ4n) is 3.01. The van der Waals surface area contributed by atoms with E-state index in [-0.39, 0.29) is 12.3 Å². The smallest absolute Gasteiger partial charge is 0.229 e. The van der Waals surface area contributed by atoms with Gasteiger partial charge in [0.1, 0.15) is 0 Å². The minimum atomic E-state index is -0.521. The molecule has 102 valence electrons. The van der Waals surface area contributed by atoms with Gasteiger partial charge in [0.2, 0.25) is 5.91 Å². The molecule has 1 aromatic rings. The van der Waals surface area contributed by atoms with Crippen LogP contribution in [-0.4, -0.2) is 41.7 Å². The summed E-state index contributed by atoms with van der Waals surface area (Å²) in [5.74, 6) is 0.0290. The van der Waals surface area contributed by atoms with Crippen LogP contribution in [0, 0.1) is 0 Å². The molecule has 0 spiro atoms. The Hall–Kier alpha value is -1.39. The summed E-state index contributed by atoms with van der Waals surface area (Å²) in [6.07, 6.45) is 2.26. The third kappa shape index (κ3) is 2.65. The van der Waals surface area contributed by atoms with Crippen molar-refractivity contribution in [3.05, 3.63) is 29.8 Å². The van der Waals surface area contributed by atoms with E-state index in [0.717, 1.165) is 25.3 Å². The Kier molecular flexibility index (Phi) is 3.53. The lowest BCUT2D eigenvalue weighted by Crippen LogP contribution is -2.28. The third-order valence-electron chi connectivity index (χ3n) is 3.98. The van der Waals surface area contributed by atoms with Crippen molar-refractivity contribution >= 4 is 11.6 Å². The maximum atomic E-state index is 11.9. The zero-order valence-electron chi connectivity index (χ0n) is 11.1. The summed E-state index contributed by atoms with van der Waals surface area (Å²) in [4.78, 5) is 16.1. The standard InChI is InChI=1S/C15H20N2O2/c18-13-9-15(19)17(11-13)14-6-2-1-5-12(14)10-16-7-3-4-8-16/h1-2,5-6,13,18H,3-4,7-11H2. The van der Waals surface area contributed by atoms with Crippen molar-refractivity contribution in [1.29, 1.82) is 0 Å². The van der Waals surface area contributed by atoms with Crippen LogP contribution in [0.2, 0.25) is 0 Å². The van der Waals surface area contributed by atoms with E-state index in [0.29, 0.717) is 6.54 Å². The van der Waals surface area contributed by atoms with Gasteiger partial charge in [-0.2, -0.15) is 0 Å². The molecule has 1 N–H and O–H groups in total. The number of benzene rings is 1. The Labute approximate surface area is 113 Å². The maximum Gasteiger partial charge on any atom is 0.229 e. The highest BCUT2D eigenvalue weighted by Gasteiger charge is 2.30. The van der Waals surface area contributed by atoms with Crippen molar-refractivity contribution in [2.45, 2.75) is 31.9 Å². The summed E-state index contributed by atoms with van der Waals surface area (Å²) in [7, 11) is 0. The molecule has 1 amide bonds. The van der Waals surface area contributed by atoms with Crippen LogP contribution in [-0.2, 0) is 11.3 Å². The van der Waals surface area contributed by atoms with Gasteiger partial charge in [0.25, 0.3) is 0 Å². The maximum absolute atomic E-state index is 11.9. The number of carbonyl (C=O) groups is 1. The molecule has 0 aliphatic carbocycles. The highest BCUT2D eigenvalue weighted by atomic mass is 16.3. The molecule has 0 saturated carbocycles. The van der Waals surface area contributed by atoms with E-state index in [1.807, 2.05) is 18.2 Å². The highest BCUT2D eigenvalue weighted by molar-refractivity contribution is 5.96. The molecule has 2 saturated heterocycles. The second kappa shape index (κ2) is 5.31. The first-order valence-electron chi connectivity index (χ1n) is 7.03. The van der Waals surface area contributed by atoms with Crippen molar-refractivity contribution in [2.24, 2.45) is 0 Å². The fraction of sp³-hybridized carbons (Fsp3) is 0.533. The number of aliphatic hydroxyl groups excluding tert-OH is 1. The lowest BCUT2D eigenvalue weighted by molar-refractivity contribution is -0.117. The van der Waals surface area contributed by atoms with Crippen LogP contribution in [0.5, 0.6) is 0 Å². The Morgan fingerprint density at radius 1 is 1.21 bits per heavy atom. The van der Waals surface area contributed by atoms with E-state index in [4.69, 9.17) is 0 Å². The average Bonchev–Trinajstić information content (AvgIpc) is 3.00. The predicted molar refractivity (Wildman–Crippen MR) is 73.9 cm³/mol. The monoisotopic (exact) mass is 260 g/mol. The van der Waals surface area contributed by atoms with Gasteiger partial charge in [-0.1, -0.05) is 18.2 Å². The average molecular weight is 260 g/mol. The molecule has 4 heteroatoms. The molecule has 1 unspecified atom stereocenters. The molecule has 3 rings (SSSR count). The Morgan fingerprint density at radius 2 is 1.95 bits per heavy atom. The van der Waals surface area contributed by atoms with E-state index >= 15 is 0 Å². The van der Waals surface area contributed by atoms with Crippen molar-refractivity contribution in [3.63, 3.8) is 0 Å². The number of anilines is 1. The molecule has 1 atom stereocenters. The summed E-state index contributed by atoms with van der Waals surface area (Å²) in [6, 6.07) is 8.06. The van der Waals surface area contributed by atoms with Gasteiger partial charge in [0.05, 0.1) is 19.1 Å². The van der Waals surface area contributed by atoms with Gasteiger partial charge in [-0.05, 0) is 37.6 Å². The first-order chi connectivity index (χ1) is 9.24. The largest absolute Gasteiger partial charge is 0.391 e. The lowest BCUT2D eigenvalue weighted by Gasteiger charge is -2.22. The summed E-state index contributed by atoms with van der Waals surface area (Å²) in [5, 5.41) is 9.63. The second-order valence-electron chi connectivity index (χ2n) is 5.47. The summed E-state index contributed by atoms with van der Waals surface area (Å²) in [6.45, 7) is 3.61. The topological polar surface area (TPSA) is 43.8 Å². The molecular weight excluding hydrogens is 240 g/mol. The highest BCUT2D eigenvalue weighted by Crippen LogP contribution is 2.27. The van der Waals surface area contributed by atoms with E-state index < -0.39 is 6.10 Å². The molecule has 0 bridgehead atoms.